The minimum atomic E-state index is -0.789. The van der Waals surface area contributed by atoms with Crippen LogP contribution in [0.1, 0.15) is 17.9 Å². The second-order valence-electron chi connectivity index (χ2n) is 5.21. The zero-order chi connectivity index (χ0) is 13.2. The van der Waals surface area contributed by atoms with Gasteiger partial charge in [0.25, 0.3) is 0 Å². The predicted molar refractivity (Wildman–Crippen MR) is 74.8 cm³/mol. The maximum atomic E-state index is 9.88. The Bertz CT molecular complexity index is 507. The van der Waals surface area contributed by atoms with Gasteiger partial charge in [0.15, 0.2) is 0 Å². The van der Waals surface area contributed by atoms with Crippen molar-refractivity contribution >= 4 is 0 Å². The van der Waals surface area contributed by atoms with E-state index in [0.29, 0.717) is 0 Å². The third kappa shape index (κ3) is 2.50. The number of aliphatic hydroxyl groups excluding tert-OH is 2. The summed E-state index contributed by atoms with van der Waals surface area (Å²) >= 11 is 0. The van der Waals surface area contributed by atoms with Gasteiger partial charge in [0.05, 0.1) is 0 Å². The van der Waals surface area contributed by atoms with Gasteiger partial charge in [-0.2, -0.15) is 0 Å². The summed E-state index contributed by atoms with van der Waals surface area (Å²) in [5.41, 5.74) is 3.57. The Hall–Kier alpha value is -1.42. The van der Waals surface area contributed by atoms with E-state index in [1.54, 1.807) is 0 Å². The minimum absolute atomic E-state index is 0.247. The minimum Gasteiger partial charge on any atom is -0.386 e. The monoisotopic (exact) mass is 257 g/mol. The lowest BCUT2D eigenvalue weighted by atomic mass is 9.82. The second kappa shape index (κ2) is 5.29. The molecule has 0 aromatic heterocycles. The highest BCUT2D eigenvalue weighted by Gasteiger charge is 2.28. The van der Waals surface area contributed by atoms with Crippen LogP contribution in [0.5, 0.6) is 0 Å². The van der Waals surface area contributed by atoms with E-state index in [9.17, 15) is 10.2 Å². The van der Waals surface area contributed by atoms with Crippen LogP contribution in [0.4, 0.5) is 0 Å². The van der Waals surface area contributed by atoms with Crippen molar-refractivity contribution in [3.05, 3.63) is 59.2 Å². The molecule has 3 unspecified atom stereocenters. The summed E-state index contributed by atoms with van der Waals surface area (Å²) < 4.78 is 0. The molecular weight excluding hydrogens is 238 g/mol. The van der Waals surface area contributed by atoms with Gasteiger partial charge in [-0.05, 0) is 41.8 Å². The van der Waals surface area contributed by atoms with Gasteiger partial charge in [-0.15, -0.1) is 0 Å². The van der Waals surface area contributed by atoms with E-state index >= 15 is 0 Å². The van der Waals surface area contributed by atoms with Crippen molar-refractivity contribution in [2.45, 2.75) is 24.5 Å². The highest BCUT2D eigenvalue weighted by molar-refractivity contribution is 5.46. The molecule has 3 atom stereocenters. The van der Waals surface area contributed by atoms with E-state index < -0.39 is 12.2 Å². The van der Waals surface area contributed by atoms with Crippen LogP contribution in [-0.4, -0.2) is 35.5 Å². The largest absolute Gasteiger partial charge is 0.386 e. The first-order chi connectivity index (χ1) is 9.25. The molecule has 3 nitrogen and oxygen atoms in total. The van der Waals surface area contributed by atoms with Gasteiger partial charge in [-0.1, -0.05) is 30.3 Å². The molecule has 19 heavy (non-hydrogen) atoms. The van der Waals surface area contributed by atoms with Crippen LogP contribution in [0, 0.1) is 0 Å². The Morgan fingerprint density at radius 1 is 1.00 bits per heavy atom. The van der Waals surface area contributed by atoms with Gasteiger partial charge in [-0.3, -0.25) is 0 Å². The van der Waals surface area contributed by atoms with Gasteiger partial charge >= 0.3 is 0 Å². The van der Waals surface area contributed by atoms with Crippen molar-refractivity contribution < 1.29 is 10.2 Å². The fourth-order valence-corrected chi connectivity index (χ4v) is 2.92. The molecule has 3 heteroatoms. The maximum Gasteiger partial charge on any atom is 0.102 e. The average Bonchev–Trinajstić information content (AvgIpc) is 2.63. The van der Waals surface area contributed by atoms with Crippen LogP contribution in [0.25, 0.3) is 0 Å². The SMILES string of the molecule is OC1C=C2CCNCC(c3ccccc3)C2=CC1O. The Labute approximate surface area is 113 Å². The molecule has 1 aromatic carbocycles. The van der Waals surface area contributed by atoms with Gasteiger partial charge in [0.1, 0.15) is 12.2 Å². The fraction of sp³-hybridized carbons (Fsp3) is 0.375. The Morgan fingerprint density at radius 2 is 1.74 bits per heavy atom. The number of benzene rings is 1. The van der Waals surface area contributed by atoms with Crippen molar-refractivity contribution in [1.82, 2.24) is 5.32 Å². The molecule has 1 aliphatic heterocycles. The van der Waals surface area contributed by atoms with Crippen LogP contribution >= 0.6 is 0 Å². The molecule has 0 radical (unpaired) electrons. The summed E-state index contributed by atoms with van der Waals surface area (Å²) in [6, 6.07) is 10.3. The van der Waals surface area contributed by atoms with Crippen molar-refractivity contribution in [2.75, 3.05) is 13.1 Å². The highest BCUT2D eigenvalue weighted by atomic mass is 16.3. The standard InChI is InChI=1S/C16H19NO2/c18-15-8-12-6-7-17-10-14(13(12)9-16(15)19)11-4-2-1-3-5-11/h1-5,8-9,14-19H,6-7,10H2. The number of hydrogen-bond donors (Lipinski definition) is 3. The summed E-state index contributed by atoms with van der Waals surface area (Å²) in [7, 11) is 0. The van der Waals surface area contributed by atoms with Crippen LogP contribution in [0.15, 0.2) is 53.6 Å². The molecule has 0 bridgehead atoms. The number of rotatable bonds is 1. The Morgan fingerprint density at radius 3 is 2.53 bits per heavy atom. The predicted octanol–water partition coefficient (Wildman–Crippen LogP) is 1.35. The van der Waals surface area contributed by atoms with Crippen LogP contribution in [0.3, 0.4) is 0 Å². The van der Waals surface area contributed by atoms with Crippen LogP contribution in [-0.2, 0) is 0 Å². The average molecular weight is 257 g/mol. The molecule has 100 valence electrons. The highest BCUT2D eigenvalue weighted by Crippen LogP contribution is 2.35. The van der Waals surface area contributed by atoms with E-state index in [4.69, 9.17) is 0 Å². The molecule has 1 saturated heterocycles. The Kier molecular flexibility index (Phi) is 3.51. The first-order valence-corrected chi connectivity index (χ1v) is 6.80. The molecule has 1 fully saturated rings. The lowest BCUT2D eigenvalue weighted by Gasteiger charge is -2.26. The normalized spacial score (nSPS) is 30.9. The maximum absolute atomic E-state index is 9.88. The molecule has 1 aliphatic carbocycles. The second-order valence-corrected chi connectivity index (χ2v) is 5.21. The third-order valence-corrected chi connectivity index (χ3v) is 3.94. The molecule has 3 N–H and O–H groups in total. The molecular formula is C16H19NO2. The summed E-state index contributed by atoms with van der Waals surface area (Å²) in [6.07, 6.45) is 2.98. The van der Waals surface area contributed by atoms with Crippen LogP contribution in [0.2, 0.25) is 0 Å². The van der Waals surface area contributed by atoms with Gasteiger partial charge < -0.3 is 15.5 Å². The van der Waals surface area contributed by atoms with Crippen molar-refractivity contribution in [1.29, 1.82) is 0 Å². The van der Waals surface area contributed by atoms with Crippen molar-refractivity contribution in [3.63, 3.8) is 0 Å². The lowest BCUT2D eigenvalue weighted by molar-refractivity contribution is 0.0775. The first kappa shape index (κ1) is 12.6. The van der Waals surface area contributed by atoms with E-state index in [2.05, 4.69) is 17.4 Å². The smallest absolute Gasteiger partial charge is 0.102 e. The number of fused-ring (bicyclic) bond motifs is 1. The topological polar surface area (TPSA) is 52.5 Å². The molecule has 1 heterocycles. The van der Waals surface area contributed by atoms with E-state index in [1.807, 2.05) is 30.4 Å². The number of hydrogen-bond acceptors (Lipinski definition) is 3. The lowest BCUT2D eigenvalue weighted by Crippen LogP contribution is -2.27. The van der Waals surface area contributed by atoms with Gasteiger partial charge in [0, 0.05) is 12.5 Å². The number of nitrogens with one attached hydrogen (secondary N) is 1. The van der Waals surface area contributed by atoms with E-state index in [-0.39, 0.29) is 5.92 Å². The van der Waals surface area contributed by atoms with Gasteiger partial charge in [0.2, 0.25) is 0 Å². The van der Waals surface area contributed by atoms with E-state index in [0.717, 1.165) is 30.7 Å². The molecule has 2 aliphatic rings. The molecule has 1 aromatic rings. The molecule has 0 spiro atoms. The summed E-state index contributed by atoms with van der Waals surface area (Å²) in [6.45, 7) is 1.78. The van der Waals surface area contributed by atoms with Crippen molar-refractivity contribution in [2.24, 2.45) is 0 Å². The Balaban J connectivity index is 2.00. The van der Waals surface area contributed by atoms with E-state index in [1.165, 1.54) is 5.56 Å². The third-order valence-electron chi connectivity index (χ3n) is 3.94. The summed E-state index contributed by atoms with van der Waals surface area (Å²) in [5, 5.41) is 23.1. The fourth-order valence-electron chi connectivity index (χ4n) is 2.92. The van der Waals surface area contributed by atoms with Gasteiger partial charge in [-0.25, -0.2) is 0 Å². The summed E-state index contributed by atoms with van der Waals surface area (Å²) in [4.78, 5) is 0. The molecule has 0 amide bonds. The first-order valence-electron chi connectivity index (χ1n) is 6.80. The zero-order valence-electron chi connectivity index (χ0n) is 10.8. The number of aliphatic hydroxyl groups is 2. The van der Waals surface area contributed by atoms with Crippen LogP contribution < -0.4 is 5.32 Å². The van der Waals surface area contributed by atoms with Crippen molar-refractivity contribution in [3.8, 4) is 0 Å². The quantitative estimate of drug-likeness (QED) is 0.712. The summed E-state index contributed by atoms with van der Waals surface area (Å²) in [5.74, 6) is 0.247. The zero-order valence-corrected chi connectivity index (χ0v) is 10.8. The molecule has 0 saturated carbocycles. The molecule has 3 rings (SSSR count).